The van der Waals surface area contributed by atoms with Crippen LogP contribution < -0.4 is 4.67 Å². The molecule has 0 aromatic heterocycles. The fraction of sp³-hybridized carbons (Fsp3) is 0.400. The van der Waals surface area contributed by atoms with Crippen LogP contribution in [-0.2, 0) is 0 Å². The summed E-state index contributed by atoms with van der Waals surface area (Å²) in [5.41, 5.74) is 1.54. The van der Waals surface area contributed by atoms with Crippen molar-refractivity contribution in [2.45, 2.75) is 20.8 Å². The summed E-state index contributed by atoms with van der Waals surface area (Å²) in [5.74, 6) is 0. The summed E-state index contributed by atoms with van der Waals surface area (Å²) in [4.78, 5) is 0. The maximum atomic E-state index is 4.02. The van der Waals surface area contributed by atoms with E-state index in [1.807, 2.05) is 12.3 Å². The predicted molar refractivity (Wildman–Crippen MR) is 50.9 cm³/mol. The number of nitrogens with zero attached hydrogens (tertiary/aromatic N) is 1. The molecule has 0 aromatic carbocycles. The van der Waals surface area contributed by atoms with Gasteiger partial charge >= 0.3 is 0 Å². The van der Waals surface area contributed by atoms with Crippen LogP contribution in [-0.4, -0.2) is 12.4 Å². The lowest BCUT2D eigenvalue weighted by Crippen LogP contribution is -2.07. The Balaban J connectivity index is 2.93. The molecule has 1 heteroatoms. The van der Waals surface area contributed by atoms with Crippen molar-refractivity contribution in [3.05, 3.63) is 23.8 Å². The van der Waals surface area contributed by atoms with E-state index in [-0.39, 0.29) is 5.41 Å². The summed E-state index contributed by atoms with van der Waals surface area (Å²) >= 11 is 0. The zero-order chi connectivity index (χ0) is 8.32. The Bertz CT molecular complexity index is 255. The Kier molecular flexibility index (Phi) is 2.11. The van der Waals surface area contributed by atoms with Gasteiger partial charge in [0.25, 0.3) is 12.4 Å². The van der Waals surface area contributed by atoms with Crippen LogP contribution in [0.4, 0.5) is 0 Å². The summed E-state index contributed by atoms with van der Waals surface area (Å²) in [7, 11) is 0. The van der Waals surface area contributed by atoms with Gasteiger partial charge in [-0.3, -0.25) is 0 Å². The van der Waals surface area contributed by atoms with Gasteiger partial charge in [-0.25, -0.2) is 0 Å². The molecule has 58 valence electrons. The first-order valence-corrected chi connectivity index (χ1v) is 3.84. The fourth-order valence-corrected chi connectivity index (χ4v) is 0.925. The summed E-state index contributed by atoms with van der Waals surface area (Å²) in [5, 5.41) is 0. The molecule has 1 rings (SSSR count). The minimum absolute atomic E-state index is 0.223. The van der Waals surface area contributed by atoms with Crippen molar-refractivity contribution in [2.24, 2.45) is 5.41 Å². The molecule has 0 fully saturated rings. The van der Waals surface area contributed by atoms with E-state index in [0.29, 0.717) is 0 Å². The molecule has 1 aliphatic heterocycles. The van der Waals surface area contributed by atoms with E-state index in [1.54, 1.807) is 6.21 Å². The maximum Gasteiger partial charge on any atom is 0.292 e. The number of hydrogen-bond acceptors (Lipinski definition) is 0. The standard InChI is InChI=1S/C10H14N/c1-10(2,3)9-5-4-7-11-8-6-9/h4-8H,1-3H3/q+1. The fourth-order valence-electron chi connectivity index (χ4n) is 0.925. The van der Waals surface area contributed by atoms with Gasteiger partial charge in [0.1, 0.15) is 0 Å². The van der Waals surface area contributed by atoms with Crippen molar-refractivity contribution in [3.63, 3.8) is 0 Å². The molecule has 0 aliphatic carbocycles. The van der Waals surface area contributed by atoms with Gasteiger partial charge in [0.15, 0.2) is 0 Å². The van der Waals surface area contributed by atoms with Crippen molar-refractivity contribution >= 4 is 12.4 Å². The van der Waals surface area contributed by atoms with Crippen LogP contribution in [0, 0.1) is 5.41 Å². The van der Waals surface area contributed by atoms with E-state index in [2.05, 4.69) is 37.6 Å². The van der Waals surface area contributed by atoms with Crippen molar-refractivity contribution in [3.8, 4) is 0 Å². The molecule has 0 spiro atoms. The SMILES string of the molecule is CC(C)(C)C1=CC=[N+]=CC=C1. The quantitative estimate of drug-likeness (QED) is 0.465. The Morgan fingerprint density at radius 2 is 1.91 bits per heavy atom. The van der Waals surface area contributed by atoms with Crippen molar-refractivity contribution in [2.75, 3.05) is 0 Å². The van der Waals surface area contributed by atoms with Crippen LogP contribution in [0.2, 0.25) is 0 Å². The van der Waals surface area contributed by atoms with Crippen LogP contribution in [0.1, 0.15) is 20.8 Å². The number of hydrogen-bond donors (Lipinski definition) is 0. The van der Waals surface area contributed by atoms with E-state index in [4.69, 9.17) is 0 Å². The Hall–Kier alpha value is -1.07. The van der Waals surface area contributed by atoms with Crippen molar-refractivity contribution < 1.29 is 0 Å². The average molecular weight is 148 g/mol. The molecular formula is C10H14N+. The van der Waals surface area contributed by atoms with Gasteiger partial charge in [0, 0.05) is 12.2 Å². The summed E-state index contributed by atoms with van der Waals surface area (Å²) in [6.07, 6.45) is 9.77. The van der Waals surface area contributed by atoms with Crippen LogP contribution in [0.15, 0.2) is 23.8 Å². The first-order chi connectivity index (χ1) is 5.11. The van der Waals surface area contributed by atoms with E-state index in [0.717, 1.165) is 0 Å². The molecule has 0 unspecified atom stereocenters. The molecule has 0 amide bonds. The maximum absolute atomic E-state index is 4.02. The molecule has 0 saturated carbocycles. The van der Waals surface area contributed by atoms with E-state index in [9.17, 15) is 0 Å². The highest BCUT2D eigenvalue weighted by Crippen LogP contribution is 2.25. The van der Waals surface area contributed by atoms with E-state index < -0.39 is 0 Å². The molecular weight excluding hydrogens is 134 g/mol. The molecule has 1 heterocycles. The first-order valence-electron chi connectivity index (χ1n) is 3.84. The third kappa shape index (κ3) is 2.21. The molecule has 0 radical (unpaired) electrons. The Morgan fingerprint density at radius 3 is 2.55 bits per heavy atom. The highest BCUT2D eigenvalue weighted by Gasteiger charge is 2.14. The lowest BCUT2D eigenvalue weighted by Gasteiger charge is -2.18. The molecule has 0 N–H and O–H groups in total. The van der Waals surface area contributed by atoms with Gasteiger partial charge in [0.05, 0.1) is 0 Å². The monoisotopic (exact) mass is 148 g/mol. The highest BCUT2D eigenvalue weighted by molar-refractivity contribution is 5.82. The normalized spacial score (nSPS) is 16.5. The molecule has 0 bridgehead atoms. The molecule has 1 aliphatic rings. The third-order valence-electron chi connectivity index (χ3n) is 1.65. The third-order valence-corrected chi connectivity index (χ3v) is 1.65. The van der Waals surface area contributed by atoms with Crippen LogP contribution >= 0.6 is 0 Å². The van der Waals surface area contributed by atoms with Gasteiger partial charge in [-0.2, -0.15) is 0 Å². The van der Waals surface area contributed by atoms with Crippen molar-refractivity contribution in [1.82, 2.24) is 4.67 Å². The summed E-state index contributed by atoms with van der Waals surface area (Å²) < 4.78 is 4.02. The van der Waals surface area contributed by atoms with Gasteiger partial charge < -0.3 is 0 Å². The Morgan fingerprint density at radius 1 is 1.18 bits per heavy atom. The molecule has 1 nitrogen and oxygen atoms in total. The van der Waals surface area contributed by atoms with Gasteiger partial charge in [-0.15, -0.1) is 4.67 Å². The minimum Gasteiger partial charge on any atom is -0.101 e. The van der Waals surface area contributed by atoms with Crippen LogP contribution in [0.5, 0.6) is 0 Å². The minimum atomic E-state index is 0.223. The van der Waals surface area contributed by atoms with Gasteiger partial charge in [0.2, 0.25) is 0 Å². The molecule has 0 saturated heterocycles. The largest absolute Gasteiger partial charge is 0.292 e. The smallest absolute Gasteiger partial charge is 0.101 e. The second-order valence-electron chi connectivity index (χ2n) is 3.68. The zero-order valence-corrected chi connectivity index (χ0v) is 7.33. The Labute approximate surface area is 67.9 Å². The second-order valence-corrected chi connectivity index (χ2v) is 3.68. The molecule has 0 atom stereocenters. The second kappa shape index (κ2) is 2.89. The van der Waals surface area contributed by atoms with E-state index in [1.165, 1.54) is 5.57 Å². The number of allylic oxidation sites excluding steroid dienone is 4. The van der Waals surface area contributed by atoms with E-state index >= 15 is 0 Å². The van der Waals surface area contributed by atoms with Gasteiger partial charge in [-0.05, 0) is 11.0 Å². The highest BCUT2D eigenvalue weighted by atomic mass is 14.5. The predicted octanol–water partition coefficient (Wildman–Crippen LogP) is 1.74. The summed E-state index contributed by atoms with van der Waals surface area (Å²) in [6, 6.07) is 0. The van der Waals surface area contributed by atoms with Crippen LogP contribution in [0.25, 0.3) is 0 Å². The van der Waals surface area contributed by atoms with Crippen LogP contribution in [0.3, 0.4) is 0 Å². The average Bonchev–Trinajstić information content (AvgIpc) is 2.10. The molecule has 0 aromatic rings. The zero-order valence-electron chi connectivity index (χ0n) is 7.33. The molecule has 11 heavy (non-hydrogen) atoms. The summed E-state index contributed by atoms with van der Waals surface area (Å²) in [6.45, 7) is 6.59. The first kappa shape index (κ1) is 8.03. The number of rotatable bonds is 0. The van der Waals surface area contributed by atoms with Crippen molar-refractivity contribution in [1.29, 1.82) is 0 Å². The lowest BCUT2D eigenvalue weighted by atomic mass is 9.86. The topological polar surface area (TPSA) is 14.1 Å². The lowest BCUT2D eigenvalue weighted by molar-refractivity contribution is 0.518. The van der Waals surface area contributed by atoms with Gasteiger partial charge in [-0.1, -0.05) is 26.8 Å².